The van der Waals surface area contributed by atoms with Crippen LogP contribution in [0.15, 0.2) is 65.7 Å². The summed E-state index contributed by atoms with van der Waals surface area (Å²) in [6, 6.07) is 13.5. The molecule has 1 aliphatic heterocycles. The predicted molar refractivity (Wildman–Crippen MR) is 120 cm³/mol. The third kappa shape index (κ3) is 4.94. The van der Waals surface area contributed by atoms with Crippen molar-refractivity contribution < 1.29 is 17.2 Å². The van der Waals surface area contributed by atoms with Crippen LogP contribution in [0, 0.1) is 23.0 Å². The van der Waals surface area contributed by atoms with Crippen molar-refractivity contribution in [2.75, 3.05) is 35.4 Å². The van der Waals surface area contributed by atoms with E-state index in [0.717, 1.165) is 29.5 Å². The van der Waals surface area contributed by atoms with Gasteiger partial charge in [-0.2, -0.15) is 5.26 Å². The number of aromatic nitrogens is 1. The Bertz CT molecular complexity index is 1270. The molecule has 1 fully saturated rings. The zero-order chi connectivity index (χ0) is 23.4. The van der Waals surface area contributed by atoms with Gasteiger partial charge < -0.3 is 10.2 Å². The largest absolute Gasteiger partial charge is 0.353 e. The van der Waals surface area contributed by atoms with Crippen molar-refractivity contribution in [3.63, 3.8) is 0 Å². The van der Waals surface area contributed by atoms with Crippen molar-refractivity contribution in [1.29, 1.82) is 5.26 Å². The fourth-order valence-corrected chi connectivity index (χ4v) is 5.03. The van der Waals surface area contributed by atoms with Crippen LogP contribution in [0.1, 0.15) is 11.1 Å². The molecular formula is C23H21F2N5O2S. The Hall–Kier alpha value is -3.55. The minimum atomic E-state index is -4.14. The molecule has 1 aromatic heterocycles. The molecule has 1 aliphatic rings. The molecule has 2 aromatic carbocycles. The number of halogens is 2. The van der Waals surface area contributed by atoms with Crippen LogP contribution >= 0.6 is 0 Å². The maximum absolute atomic E-state index is 13.5. The average Bonchev–Trinajstić information content (AvgIpc) is 2.84. The number of rotatable bonds is 6. The van der Waals surface area contributed by atoms with Gasteiger partial charge in [0.05, 0.1) is 28.9 Å². The van der Waals surface area contributed by atoms with Crippen LogP contribution in [0.4, 0.5) is 20.3 Å². The summed E-state index contributed by atoms with van der Waals surface area (Å²) in [4.78, 5) is 6.28. The average molecular weight is 470 g/mol. The number of hydrogen-bond donors (Lipinski definition) is 1. The van der Waals surface area contributed by atoms with Crippen LogP contribution in [-0.4, -0.2) is 39.6 Å². The Morgan fingerprint density at radius 1 is 1.03 bits per heavy atom. The summed E-state index contributed by atoms with van der Waals surface area (Å²) in [5, 5.41) is 13.0. The van der Waals surface area contributed by atoms with Crippen LogP contribution in [0.5, 0.6) is 0 Å². The van der Waals surface area contributed by atoms with Gasteiger partial charge in [0.1, 0.15) is 23.5 Å². The van der Waals surface area contributed by atoms with E-state index in [4.69, 9.17) is 0 Å². The van der Waals surface area contributed by atoms with Crippen LogP contribution in [0.3, 0.4) is 0 Å². The minimum Gasteiger partial charge on any atom is -0.353 e. The molecule has 7 nitrogen and oxygen atoms in total. The minimum absolute atomic E-state index is 0.115. The van der Waals surface area contributed by atoms with Gasteiger partial charge in [-0.1, -0.05) is 12.1 Å². The van der Waals surface area contributed by atoms with Crippen LogP contribution < -0.4 is 14.5 Å². The van der Waals surface area contributed by atoms with Crippen molar-refractivity contribution in [2.24, 2.45) is 0 Å². The number of nitriles is 1. The van der Waals surface area contributed by atoms with E-state index in [9.17, 15) is 22.5 Å². The molecular weight excluding hydrogens is 448 g/mol. The highest BCUT2D eigenvalue weighted by atomic mass is 32.2. The third-order valence-corrected chi connectivity index (χ3v) is 7.11. The van der Waals surface area contributed by atoms with Gasteiger partial charge in [-0.05, 0) is 48.0 Å². The van der Waals surface area contributed by atoms with E-state index in [1.165, 1.54) is 48.7 Å². The molecule has 4 rings (SSSR count). The van der Waals surface area contributed by atoms with E-state index in [2.05, 4.69) is 16.4 Å². The van der Waals surface area contributed by atoms with Gasteiger partial charge in [-0.25, -0.2) is 22.2 Å². The molecule has 3 aromatic rings. The zero-order valence-corrected chi connectivity index (χ0v) is 18.4. The molecule has 0 amide bonds. The van der Waals surface area contributed by atoms with E-state index in [1.807, 2.05) is 4.90 Å². The topological polar surface area (TPSA) is 89.3 Å². The first-order chi connectivity index (χ1) is 15.9. The molecule has 1 N–H and O–H groups in total. The predicted octanol–water partition coefficient (Wildman–Crippen LogP) is 3.04. The van der Waals surface area contributed by atoms with Gasteiger partial charge >= 0.3 is 0 Å². The van der Waals surface area contributed by atoms with E-state index in [-0.39, 0.29) is 22.7 Å². The molecule has 0 saturated carbocycles. The number of benzene rings is 2. The first-order valence-corrected chi connectivity index (χ1v) is 11.7. The lowest BCUT2D eigenvalue weighted by Crippen LogP contribution is -2.44. The summed E-state index contributed by atoms with van der Waals surface area (Å²) < 4.78 is 54.9. The number of piperazine rings is 1. The van der Waals surface area contributed by atoms with E-state index in [1.54, 1.807) is 0 Å². The Morgan fingerprint density at radius 3 is 2.24 bits per heavy atom. The molecule has 10 heteroatoms. The number of nitrogens with zero attached hydrogens (tertiary/aromatic N) is 4. The molecule has 33 heavy (non-hydrogen) atoms. The number of pyridine rings is 1. The van der Waals surface area contributed by atoms with Crippen molar-refractivity contribution in [2.45, 2.75) is 11.4 Å². The number of sulfonamides is 1. The number of hydrogen-bond acceptors (Lipinski definition) is 6. The molecule has 1 saturated heterocycles. The highest BCUT2D eigenvalue weighted by Gasteiger charge is 2.27. The van der Waals surface area contributed by atoms with Crippen LogP contribution in [-0.2, 0) is 16.6 Å². The summed E-state index contributed by atoms with van der Waals surface area (Å²) in [7, 11) is -4.14. The van der Waals surface area contributed by atoms with E-state index < -0.39 is 21.7 Å². The van der Waals surface area contributed by atoms with Crippen molar-refractivity contribution in [1.82, 2.24) is 10.3 Å². The Balaban J connectivity index is 1.77. The third-order valence-electron chi connectivity index (χ3n) is 5.32. The molecule has 0 unspecified atom stereocenters. The van der Waals surface area contributed by atoms with Crippen molar-refractivity contribution in [3.05, 3.63) is 83.6 Å². The summed E-state index contributed by atoms with van der Waals surface area (Å²) in [5.74, 6) is -0.517. The lowest BCUT2D eigenvalue weighted by molar-refractivity contribution is 0.584. The fraction of sp³-hybridized carbons (Fsp3) is 0.217. The monoisotopic (exact) mass is 469 g/mol. The van der Waals surface area contributed by atoms with Gasteiger partial charge in [0.25, 0.3) is 10.0 Å². The van der Waals surface area contributed by atoms with Crippen molar-refractivity contribution in [3.8, 4) is 6.07 Å². The van der Waals surface area contributed by atoms with Gasteiger partial charge in [-0.3, -0.25) is 4.31 Å². The number of anilines is 2. The second kappa shape index (κ2) is 9.52. The lowest BCUT2D eigenvalue weighted by Gasteiger charge is -2.30. The smallest absolute Gasteiger partial charge is 0.264 e. The van der Waals surface area contributed by atoms with Gasteiger partial charge in [0.15, 0.2) is 0 Å². The molecule has 0 bridgehead atoms. The second-order valence-electron chi connectivity index (χ2n) is 7.51. The lowest BCUT2D eigenvalue weighted by atomic mass is 10.2. The Kier molecular flexibility index (Phi) is 6.53. The number of nitrogens with one attached hydrogen (secondary N) is 1. The van der Waals surface area contributed by atoms with Crippen LogP contribution in [0.2, 0.25) is 0 Å². The highest BCUT2D eigenvalue weighted by Crippen LogP contribution is 2.29. The van der Waals surface area contributed by atoms with Gasteiger partial charge in [-0.15, -0.1) is 0 Å². The molecule has 0 spiro atoms. The summed E-state index contributed by atoms with van der Waals surface area (Å²) in [6.07, 6.45) is 1.41. The molecule has 170 valence electrons. The molecule has 0 atom stereocenters. The summed E-state index contributed by atoms with van der Waals surface area (Å²) in [5.41, 5.74) is 0.957. The van der Waals surface area contributed by atoms with Gasteiger partial charge in [0.2, 0.25) is 0 Å². The normalized spacial score (nSPS) is 14.0. The first-order valence-electron chi connectivity index (χ1n) is 10.3. The van der Waals surface area contributed by atoms with Crippen molar-refractivity contribution >= 4 is 21.5 Å². The standard InChI is InChI=1S/C23H21F2N5O2S/c24-19-3-1-17(2-4-19)16-30(33(31,32)22-7-5-20(25)6-8-22)21-13-18(14-26)23(28-15-21)29-11-9-27-10-12-29/h1-8,13,15,27H,9-12,16H2. The second-order valence-corrected chi connectivity index (χ2v) is 9.37. The molecule has 0 aliphatic carbocycles. The fourth-order valence-electron chi connectivity index (χ4n) is 3.60. The zero-order valence-electron chi connectivity index (χ0n) is 17.6. The van der Waals surface area contributed by atoms with Gasteiger partial charge in [0, 0.05) is 26.2 Å². The maximum Gasteiger partial charge on any atom is 0.264 e. The highest BCUT2D eigenvalue weighted by molar-refractivity contribution is 7.92. The Labute approximate surface area is 191 Å². The van der Waals surface area contributed by atoms with Crippen LogP contribution in [0.25, 0.3) is 0 Å². The maximum atomic E-state index is 13.5. The summed E-state index contributed by atoms with van der Waals surface area (Å²) >= 11 is 0. The first kappa shape index (κ1) is 22.6. The Morgan fingerprint density at radius 2 is 1.64 bits per heavy atom. The summed E-state index contributed by atoms with van der Waals surface area (Å²) in [6.45, 7) is 2.73. The molecule has 0 radical (unpaired) electrons. The molecule has 2 heterocycles. The quantitative estimate of drug-likeness (QED) is 0.597. The van der Waals surface area contributed by atoms with E-state index in [0.29, 0.717) is 24.5 Å². The SMILES string of the molecule is N#Cc1cc(N(Cc2ccc(F)cc2)S(=O)(=O)c2ccc(F)cc2)cnc1N1CCNCC1. The van der Waals surface area contributed by atoms with E-state index >= 15 is 0 Å².